The predicted octanol–water partition coefficient (Wildman–Crippen LogP) is 1.52. The van der Waals surface area contributed by atoms with Gasteiger partial charge in [-0.1, -0.05) is 45.0 Å². The summed E-state index contributed by atoms with van der Waals surface area (Å²) in [6, 6.07) is 7.32. The van der Waals surface area contributed by atoms with Gasteiger partial charge in [-0.15, -0.1) is 0 Å². The van der Waals surface area contributed by atoms with Gasteiger partial charge in [-0.3, -0.25) is 4.79 Å². The Morgan fingerprint density at radius 2 is 2.10 bits per heavy atom. The van der Waals surface area contributed by atoms with Crippen molar-refractivity contribution in [2.45, 2.75) is 51.8 Å². The summed E-state index contributed by atoms with van der Waals surface area (Å²) in [6.07, 6.45) is 0.309. The van der Waals surface area contributed by atoms with Crippen molar-refractivity contribution in [3.63, 3.8) is 0 Å². The minimum atomic E-state index is -0.554. The number of aliphatic hydroxyl groups excluding tert-OH is 1. The molecule has 0 aromatic heterocycles. The lowest BCUT2D eigenvalue weighted by Crippen LogP contribution is -2.42. The molecule has 0 fully saturated rings. The van der Waals surface area contributed by atoms with Gasteiger partial charge >= 0.3 is 0 Å². The van der Waals surface area contributed by atoms with E-state index in [0.717, 1.165) is 11.1 Å². The lowest BCUT2D eigenvalue weighted by Gasteiger charge is -2.27. The molecule has 1 amide bonds. The lowest BCUT2D eigenvalue weighted by atomic mass is 9.85. The number of hydrogen-bond donors (Lipinski definition) is 3. The summed E-state index contributed by atoms with van der Waals surface area (Å²) in [4.78, 5) is 12.1. The summed E-state index contributed by atoms with van der Waals surface area (Å²) in [5.74, 6) is -0.104. The maximum atomic E-state index is 12.1. The first kappa shape index (κ1) is 15.0. The monoisotopic (exact) mass is 276 g/mol. The summed E-state index contributed by atoms with van der Waals surface area (Å²) in [7, 11) is 0. The summed E-state index contributed by atoms with van der Waals surface area (Å²) >= 11 is 0. The molecular weight excluding hydrogens is 252 g/mol. The third-order valence-corrected chi connectivity index (χ3v) is 4.04. The van der Waals surface area contributed by atoms with Crippen LogP contribution >= 0.6 is 0 Å². The smallest absolute Gasteiger partial charge is 0.222 e. The minimum absolute atomic E-state index is 0.104. The molecule has 0 aliphatic heterocycles. The Kier molecular flexibility index (Phi) is 4.16. The van der Waals surface area contributed by atoms with E-state index in [9.17, 15) is 9.90 Å². The standard InChI is InChI=1S/C16H24N2O2/c1-16(2,3)13(17)9-14(20)18-15-11-7-5-4-6-10(11)8-12(15)19/h4-7,12-13,15,19H,8-9,17H2,1-3H3,(H,18,20)/t12-,13?,15+/m1/s1. The first-order valence-electron chi connectivity index (χ1n) is 7.10. The molecule has 4 N–H and O–H groups in total. The molecule has 0 saturated carbocycles. The maximum absolute atomic E-state index is 12.1. The van der Waals surface area contributed by atoms with E-state index in [4.69, 9.17) is 5.73 Å². The van der Waals surface area contributed by atoms with Crippen molar-refractivity contribution in [3.8, 4) is 0 Å². The number of carbonyl (C=O) groups is 1. The molecule has 2 rings (SSSR count). The van der Waals surface area contributed by atoms with E-state index in [-0.39, 0.29) is 29.8 Å². The van der Waals surface area contributed by atoms with Crippen molar-refractivity contribution in [1.29, 1.82) is 0 Å². The van der Waals surface area contributed by atoms with Crippen LogP contribution in [0.4, 0.5) is 0 Å². The van der Waals surface area contributed by atoms with Gasteiger partial charge in [0.25, 0.3) is 0 Å². The molecule has 20 heavy (non-hydrogen) atoms. The van der Waals surface area contributed by atoms with Crippen LogP contribution in [-0.4, -0.2) is 23.2 Å². The van der Waals surface area contributed by atoms with Crippen molar-refractivity contribution in [2.75, 3.05) is 0 Å². The van der Waals surface area contributed by atoms with Crippen molar-refractivity contribution >= 4 is 5.91 Å². The van der Waals surface area contributed by atoms with Gasteiger partial charge in [0.2, 0.25) is 5.91 Å². The number of amides is 1. The average molecular weight is 276 g/mol. The topological polar surface area (TPSA) is 75.4 Å². The van der Waals surface area contributed by atoms with Crippen molar-refractivity contribution in [3.05, 3.63) is 35.4 Å². The summed E-state index contributed by atoms with van der Waals surface area (Å²) in [5, 5.41) is 13.0. The van der Waals surface area contributed by atoms with E-state index in [1.54, 1.807) is 0 Å². The Morgan fingerprint density at radius 1 is 1.45 bits per heavy atom. The highest BCUT2D eigenvalue weighted by Crippen LogP contribution is 2.31. The van der Waals surface area contributed by atoms with Gasteiger partial charge in [-0.05, 0) is 16.5 Å². The summed E-state index contributed by atoms with van der Waals surface area (Å²) < 4.78 is 0. The molecule has 0 saturated heterocycles. The molecule has 4 nitrogen and oxygen atoms in total. The first-order valence-corrected chi connectivity index (χ1v) is 7.10. The van der Waals surface area contributed by atoms with Crippen LogP contribution in [0.2, 0.25) is 0 Å². The molecule has 0 bridgehead atoms. The van der Waals surface area contributed by atoms with Crippen LogP contribution in [0.3, 0.4) is 0 Å². The number of aliphatic hydroxyl groups is 1. The normalized spacial score (nSPS) is 23.2. The fourth-order valence-corrected chi connectivity index (χ4v) is 2.49. The number of benzene rings is 1. The fraction of sp³-hybridized carbons (Fsp3) is 0.562. The zero-order valence-electron chi connectivity index (χ0n) is 12.4. The van der Waals surface area contributed by atoms with Crippen LogP contribution in [0.25, 0.3) is 0 Å². The van der Waals surface area contributed by atoms with Gasteiger partial charge in [-0.2, -0.15) is 0 Å². The number of nitrogens with one attached hydrogen (secondary N) is 1. The number of fused-ring (bicyclic) bond motifs is 1. The molecule has 1 aliphatic carbocycles. The lowest BCUT2D eigenvalue weighted by molar-refractivity contribution is -0.123. The minimum Gasteiger partial charge on any atom is -0.390 e. The molecule has 3 atom stereocenters. The van der Waals surface area contributed by atoms with Crippen LogP contribution in [0.1, 0.15) is 44.4 Å². The Bertz CT molecular complexity index is 493. The molecule has 0 heterocycles. The zero-order valence-corrected chi connectivity index (χ0v) is 12.4. The van der Waals surface area contributed by atoms with Gasteiger partial charge in [0.1, 0.15) is 0 Å². The number of rotatable bonds is 3. The molecule has 110 valence electrons. The van der Waals surface area contributed by atoms with E-state index in [1.807, 2.05) is 45.0 Å². The van der Waals surface area contributed by atoms with E-state index >= 15 is 0 Å². The third-order valence-electron chi connectivity index (χ3n) is 4.04. The molecule has 0 radical (unpaired) electrons. The third kappa shape index (κ3) is 3.19. The largest absolute Gasteiger partial charge is 0.390 e. The van der Waals surface area contributed by atoms with E-state index in [2.05, 4.69) is 5.32 Å². The highest BCUT2D eigenvalue weighted by atomic mass is 16.3. The highest BCUT2D eigenvalue weighted by molar-refractivity contribution is 5.77. The molecule has 0 spiro atoms. The molecular formula is C16H24N2O2. The van der Waals surface area contributed by atoms with E-state index < -0.39 is 6.10 Å². The Labute approximate surface area is 120 Å². The second-order valence-corrected chi connectivity index (χ2v) is 6.69. The SMILES string of the molecule is CC(C)(C)C(N)CC(=O)N[C@H]1c2ccccc2C[C@H]1O. The first-order chi connectivity index (χ1) is 9.29. The van der Waals surface area contributed by atoms with Gasteiger partial charge in [-0.25, -0.2) is 0 Å². The van der Waals surface area contributed by atoms with Crippen LogP contribution in [-0.2, 0) is 11.2 Å². The number of nitrogens with two attached hydrogens (primary N) is 1. The van der Waals surface area contributed by atoms with Crippen LogP contribution in [0.15, 0.2) is 24.3 Å². The second kappa shape index (κ2) is 5.54. The van der Waals surface area contributed by atoms with Gasteiger partial charge in [0.15, 0.2) is 0 Å². The average Bonchev–Trinajstić information content (AvgIpc) is 2.65. The summed E-state index contributed by atoms with van der Waals surface area (Å²) in [5.41, 5.74) is 8.04. The van der Waals surface area contributed by atoms with Gasteiger partial charge < -0.3 is 16.2 Å². The Morgan fingerprint density at radius 3 is 2.75 bits per heavy atom. The molecule has 1 aliphatic rings. The molecule has 1 aromatic carbocycles. The quantitative estimate of drug-likeness (QED) is 0.783. The predicted molar refractivity (Wildman–Crippen MR) is 79.1 cm³/mol. The van der Waals surface area contributed by atoms with Crippen molar-refractivity contribution in [1.82, 2.24) is 5.32 Å². The Hall–Kier alpha value is -1.39. The van der Waals surface area contributed by atoms with Gasteiger partial charge in [0, 0.05) is 18.9 Å². The van der Waals surface area contributed by atoms with E-state index in [0.29, 0.717) is 6.42 Å². The van der Waals surface area contributed by atoms with Crippen molar-refractivity contribution < 1.29 is 9.90 Å². The number of hydrogen-bond acceptors (Lipinski definition) is 3. The highest BCUT2D eigenvalue weighted by Gasteiger charge is 2.32. The van der Waals surface area contributed by atoms with E-state index in [1.165, 1.54) is 0 Å². The maximum Gasteiger partial charge on any atom is 0.222 e. The zero-order chi connectivity index (χ0) is 14.9. The second-order valence-electron chi connectivity index (χ2n) is 6.69. The molecule has 1 aromatic rings. The van der Waals surface area contributed by atoms with Crippen LogP contribution in [0, 0.1) is 5.41 Å². The molecule has 4 heteroatoms. The van der Waals surface area contributed by atoms with Crippen molar-refractivity contribution in [2.24, 2.45) is 11.1 Å². The van der Waals surface area contributed by atoms with Crippen LogP contribution in [0.5, 0.6) is 0 Å². The van der Waals surface area contributed by atoms with Gasteiger partial charge in [0.05, 0.1) is 12.1 Å². The molecule has 1 unspecified atom stereocenters. The summed E-state index contributed by atoms with van der Waals surface area (Å²) in [6.45, 7) is 6.06. The Balaban J connectivity index is 2.02. The fourth-order valence-electron chi connectivity index (χ4n) is 2.49. The van der Waals surface area contributed by atoms with Crippen LogP contribution < -0.4 is 11.1 Å². The number of carbonyl (C=O) groups excluding carboxylic acids is 1.